The van der Waals surface area contributed by atoms with E-state index in [0.29, 0.717) is 11.1 Å². The molecule has 2 aromatic rings. The predicted octanol–water partition coefficient (Wildman–Crippen LogP) is 1.87. The first-order valence-electron chi connectivity index (χ1n) is 5.61. The zero-order valence-corrected chi connectivity index (χ0v) is 10.0. The summed E-state index contributed by atoms with van der Waals surface area (Å²) in [5.74, 6) is -0.440. The van der Waals surface area contributed by atoms with E-state index in [1.54, 1.807) is 31.5 Å². The number of rotatable bonds is 0. The van der Waals surface area contributed by atoms with Crippen molar-refractivity contribution < 1.29 is 9.59 Å². The third kappa shape index (κ3) is 1.32. The second-order valence-electron chi connectivity index (χ2n) is 4.42. The smallest absolute Gasteiger partial charge is 0.231 e. The molecule has 0 amide bonds. The van der Waals surface area contributed by atoms with Crippen molar-refractivity contribution in [2.75, 3.05) is 0 Å². The topological polar surface area (TPSA) is 59.9 Å². The lowest BCUT2D eigenvalue weighted by Crippen LogP contribution is -2.24. The maximum atomic E-state index is 12.4. The third-order valence-corrected chi connectivity index (χ3v) is 3.09. The predicted molar refractivity (Wildman–Crippen MR) is 64.8 cm³/mol. The van der Waals surface area contributed by atoms with Gasteiger partial charge in [-0.2, -0.15) is 0 Å². The lowest BCUT2D eigenvalue weighted by atomic mass is 9.87. The molecule has 0 aromatic carbocycles. The van der Waals surface area contributed by atoms with Gasteiger partial charge < -0.3 is 0 Å². The normalized spacial score (nSPS) is 13.2. The summed E-state index contributed by atoms with van der Waals surface area (Å²) < 4.78 is 0. The van der Waals surface area contributed by atoms with Crippen LogP contribution in [0.2, 0.25) is 0 Å². The van der Waals surface area contributed by atoms with Gasteiger partial charge in [0.15, 0.2) is 5.78 Å². The molecule has 4 heteroatoms. The minimum atomic E-state index is -0.275. The molecule has 0 bridgehead atoms. The highest BCUT2D eigenvalue weighted by atomic mass is 16.1. The Morgan fingerprint density at radius 3 is 2.56 bits per heavy atom. The van der Waals surface area contributed by atoms with Gasteiger partial charge in [-0.1, -0.05) is 0 Å². The highest BCUT2D eigenvalue weighted by Gasteiger charge is 2.33. The number of hydrogen-bond acceptors (Lipinski definition) is 4. The molecule has 4 nitrogen and oxygen atoms in total. The van der Waals surface area contributed by atoms with Crippen LogP contribution in [0.3, 0.4) is 0 Å². The van der Waals surface area contributed by atoms with E-state index in [2.05, 4.69) is 9.97 Å². The molecule has 0 radical (unpaired) electrons. The van der Waals surface area contributed by atoms with Crippen LogP contribution in [0, 0.1) is 13.8 Å². The molecule has 0 unspecified atom stereocenters. The third-order valence-electron chi connectivity index (χ3n) is 3.09. The van der Waals surface area contributed by atoms with Crippen LogP contribution < -0.4 is 0 Å². The molecule has 0 N–H and O–H groups in total. The molecule has 0 saturated heterocycles. The van der Waals surface area contributed by atoms with Gasteiger partial charge in [-0.15, -0.1) is 0 Å². The van der Waals surface area contributed by atoms with Crippen LogP contribution in [-0.2, 0) is 0 Å². The van der Waals surface area contributed by atoms with Crippen molar-refractivity contribution in [3.63, 3.8) is 0 Å². The largest absolute Gasteiger partial charge is 0.288 e. The van der Waals surface area contributed by atoms with Crippen molar-refractivity contribution >= 4 is 11.6 Å². The molecular formula is C14H10N2O2. The van der Waals surface area contributed by atoms with E-state index in [0.717, 1.165) is 11.1 Å². The molecule has 2 heterocycles. The van der Waals surface area contributed by atoms with Crippen molar-refractivity contribution in [1.29, 1.82) is 0 Å². The number of ketones is 2. The second-order valence-corrected chi connectivity index (χ2v) is 4.42. The number of carbonyl (C=O) groups is 2. The molecule has 3 rings (SSSR count). The minimum Gasteiger partial charge on any atom is -0.288 e. The molecule has 0 atom stereocenters. The highest BCUT2D eigenvalue weighted by molar-refractivity contribution is 6.27. The van der Waals surface area contributed by atoms with Crippen LogP contribution >= 0.6 is 0 Å². The van der Waals surface area contributed by atoms with E-state index in [1.807, 2.05) is 6.92 Å². The molecule has 1 aliphatic rings. The number of nitrogens with zero attached hydrogens (tertiary/aromatic N) is 2. The van der Waals surface area contributed by atoms with Gasteiger partial charge in [0.05, 0.1) is 11.1 Å². The first kappa shape index (κ1) is 10.8. The fourth-order valence-corrected chi connectivity index (χ4v) is 2.19. The van der Waals surface area contributed by atoms with Gasteiger partial charge in [0.1, 0.15) is 11.4 Å². The Hall–Kier alpha value is -2.36. The van der Waals surface area contributed by atoms with Gasteiger partial charge in [0, 0.05) is 12.4 Å². The minimum absolute atomic E-state index is 0.165. The fraction of sp³-hybridized carbons (Fsp3) is 0.143. The molecular weight excluding hydrogens is 228 g/mol. The quantitative estimate of drug-likeness (QED) is 0.600. The molecule has 0 fully saturated rings. The molecule has 0 saturated carbocycles. The zero-order valence-electron chi connectivity index (χ0n) is 10.0. The van der Waals surface area contributed by atoms with Crippen LogP contribution in [0.1, 0.15) is 43.2 Å². The van der Waals surface area contributed by atoms with E-state index >= 15 is 0 Å². The Bertz CT molecular complexity index is 705. The fourth-order valence-electron chi connectivity index (χ4n) is 2.19. The Kier molecular flexibility index (Phi) is 2.13. The Morgan fingerprint density at radius 2 is 1.78 bits per heavy atom. The van der Waals surface area contributed by atoms with Crippen LogP contribution in [0.4, 0.5) is 0 Å². The summed E-state index contributed by atoms with van der Waals surface area (Å²) >= 11 is 0. The van der Waals surface area contributed by atoms with Crippen molar-refractivity contribution in [2.45, 2.75) is 13.8 Å². The Labute approximate surface area is 104 Å². The van der Waals surface area contributed by atoms with Crippen molar-refractivity contribution in [3.8, 4) is 0 Å². The SMILES string of the molecule is Cc1cnc2c(c1)C(=O)c1c(C)ccnc1C2=O. The van der Waals surface area contributed by atoms with Crippen LogP contribution in [0.15, 0.2) is 24.5 Å². The monoisotopic (exact) mass is 238 g/mol. The summed E-state index contributed by atoms with van der Waals surface area (Å²) in [4.78, 5) is 32.7. The number of aryl methyl sites for hydroxylation is 2. The lowest BCUT2D eigenvalue weighted by molar-refractivity contribution is 0.0971. The van der Waals surface area contributed by atoms with Crippen LogP contribution in [-0.4, -0.2) is 21.5 Å². The van der Waals surface area contributed by atoms with Gasteiger partial charge in [-0.3, -0.25) is 19.6 Å². The van der Waals surface area contributed by atoms with Crippen LogP contribution in [0.25, 0.3) is 0 Å². The number of hydrogen-bond donors (Lipinski definition) is 0. The van der Waals surface area contributed by atoms with Crippen LogP contribution in [0.5, 0.6) is 0 Å². The number of aromatic nitrogens is 2. The average Bonchev–Trinajstić information content (AvgIpc) is 2.35. The highest BCUT2D eigenvalue weighted by Crippen LogP contribution is 2.26. The van der Waals surface area contributed by atoms with E-state index in [4.69, 9.17) is 0 Å². The summed E-state index contributed by atoms with van der Waals surface area (Å²) in [7, 11) is 0. The lowest BCUT2D eigenvalue weighted by Gasteiger charge is -2.17. The average molecular weight is 238 g/mol. The van der Waals surface area contributed by atoms with Crippen molar-refractivity contribution in [1.82, 2.24) is 9.97 Å². The van der Waals surface area contributed by atoms with E-state index in [9.17, 15) is 9.59 Å². The van der Waals surface area contributed by atoms with Gasteiger partial charge >= 0.3 is 0 Å². The standard InChI is InChI=1S/C14H10N2O2/c1-7-5-9-11(16-6-7)14(18)12-10(13(9)17)8(2)3-4-15-12/h3-6H,1-2H3. The molecule has 18 heavy (non-hydrogen) atoms. The number of fused-ring (bicyclic) bond motifs is 2. The Morgan fingerprint density at radius 1 is 1.00 bits per heavy atom. The first-order chi connectivity index (χ1) is 8.59. The summed E-state index contributed by atoms with van der Waals surface area (Å²) in [6, 6.07) is 3.44. The summed E-state index contributed by atoms with van der Waals surface area (Å²) in [6.07, 6.45) is 3.13. The molecule has 88 valence electrons. The van der Waals surface area contributed by atoms with Gasteiger partial charge in [0.25, 0.3) is 0 Å². The first-order valence-corrected chi connectivity index (χ1v) is 5.61. The Balaban J connectivity index is 2.36. The van der Waals surface area contributed by atoms with Gasteiger partial charge in [0.2, 0.25) is 5.78 Å². The van der Waals surface area contributed by atoms with Crippen molar-refractivity contribution in [2.24, 2.45) is 0 Å². The van der Waals surface area contributed by atoms with E-state index in [-0.39, 0.29) is 23.0 Å². The van der Waals surface area contributed by atoms with E-state index < -0.39 is 0 Å². The second kappa shape index (κ2) is 3.57. The summed E-state index contributed by atoms with van der Waals surface area (Å²) in [5.41, 5.74) is 2.83. The number of pyridine rings is 2. The van der Waals surface area contributed by atoms with Crippen molar-refractivity contribution in [3.05, 3.63) is 58.2 Å². The molecule has 0 spiro atoms. The zero-order chi connectivity index (χ0) is 12.9. The van der Waals surface area contributed by atoms with Gasteiger partial charge in [-0.25, -0.2) is 0 Å². The molecule has 2 aromatic heterocycles. The van der Waals surface area contributed by atoms with E-state index in [1.165, 1.54) is 0 Å². The maximum absolute atomic E-state index is 12.4. The maximum Gasteiger partial charge on any atom is 0.231 e. The summed E-state index contributed by atoms with van der Waals surface area (Å²) in [6.45, 7) is 3.65. The summed E-state index contributed by atoms with van der Waals surface area (Å²) in [5, 5.41) is 0. The molecule has 1 aliphatic carbocycles. The van der Waals surface area contributed by atoms with Gasteiger partial charge in [-0.05, 0) is 37.1 Å². The number of carbonyl (C=O) groups excluding carboxylic acids is 2. The molecule has 0 aliphatic heterocycles.